The van der Waals surface area contributed by atoms with Crippen LogP contribution in [-0.4, -0.2) is 12.1 Å². The molecule has 1 aliphatic heterocycles. The highest BCUT2D eigenvalue weighted by atomic mass is 16.5. The molecule has 0 aromatic carbocycles. The molecule has 0 aromatic rings. The van der Waals surface area contributed by atoms with Crippen LogP contribution in [0.1, 0.15) is 20.8 Å². The zero-order chi connectivity index (χ0) is 7.72. The van der Waals surface area contributed by atoms with Crippen molar-refractivity contribution in [2.24, 2.45) is 5.92 Å². The summed E-state index contributed by atoms with van der Waals surface area (Å²) in [5.41, 5.74) is 1.11. The largest absolute Gasteiger partial charge is 0.459 e. The Morgan fingerprint density at radius 2 is 2.10 bits per heavy atom. The van der Waals surface area contributed by atoms with Crippen LogP contribution in [0.3, 0.4) is 0 Å². The summed E-state index contributed by atoms with van der Waals surface area (Å²) in [5.74, 6) is 0.167. The molecule has 1 aliphatic rings. The van der Waals surface area contributed by atoms with Crippen molar-refractivity contribution in [2.75, 3.05) is 0 Å². The second kappa shape index (κ2) is 2.45. The molecule has 1 rings (SSSR count). The van der Waals surface area contributed by atoms with Gasteiger partial charge in [-0.05, 0) is 13.8 Å². The van der Waals surface area contributed by atoms with Crippen LogP contribution in [0.15, 0.2) is 11.6 Å². The number of carbonyl (C=O) groups excluding carboxylic acids is 1. The van der Waals surface area contributed by atoms with E-state index in [0.717, 1.165) is 5.57 Å². The Balaban J connectivity index is 2.80. The summed E-state index contributed by atoms with van der Waals surface area (Å²) < 4.78 is 4.95. The molecule has 10 heavy (non-hydrogen) atoms. The highest BCUT2D eigenvalue weighted by molar-refractivity contribution is 5.83. The van der Waals surface area contributed by atoms with Gasteiger partial charge in [-0.25, -0.2) is 4.79 Å². The van der Waals surface area contributed by atoms with Gasteiger partial charge in [-0.1, -0.05) is 12.5 Å². The fraction of sp³-hybridized carbons (Fsp3) is 0.625. The van der Waals surface area contributed by atoms with Crippen molar-refractivity contribution in [1.29, 1.82) is 0 Å². The van der Waals surface area contributed by atoms with Crippen molar-refractivity contribution in [3.63, 3.8) is 0 Å². The first kappa shape index (κ1) is 7.32. The lowest BCUT2D eigenvalue weighted by Crippen LogP contribution is -2.26. The topological polar surface area (TPSA) is 26.3 Å². The van der Waals surface area contributed by atoms with Crippen molar-refractivity contribution in [3.05, 3.63) is 11.6 Å². The molecule has 0 saturated carbocycles. The minimum absolute atomic E-state index is 0.0394. The van der Waals surface area contributed by atoms with E-state index >= 15 is 0 Å². The smallest absolute Gasteiger partial charge is 0.330 e. The average Bonchev–Trinajstić information content (AvgIpc) is 1.82. The number of rotatable bonds is 0. The van der Waals surface area contributed by atoms with E-state index in [9.17, 15) is 4.79 Å². The van der Waals surface area contributed by atoms with Crippen molar-refractivity contribution in [2.45, 2.75) is 26.9 Å². The van der Waals surface area contributed by atoms with Gasteiger partial charge in [-0.2, -0.15) is 0 Å². The first-order valence-corrected chi connectivity index (χ1v) is 3.50. The Morgan fingerprint density at radius 1 is 1.50 bits per heavy atom. The van der Waals surface area contributed by atoms with Crippen LogP contribution < -0.4 is 0 Å². The lowest BCUT2D eigenvalue weighted by atomic mass is 9.95. The first-order valence-electron chi connectivity index (χ1n) is 3.50. The van der Waals surface area contributed by atoms with E-state index < -0.39 is 0 Å². The van der Waals surface area contributed by atoms with Crippen LogP contribution in [0, 0.1) is 5.92 Å². The molecular weight excluding hydrogens is 128 g/mol. The van der Waals surface area contributed by atoms with E-state index in [4.69, 9.17) is 4.74 Å². The van der Waals surface area contributed by atoms with Gasteiger partial charge in [0, 0.05) is 12.0 Å². The number of hydrogen-bond donors (Lipinski definition) is 0. The third-order valence-corrected chi connectivity index (χ3v) is 2.07. The molecule has 0 spiro atoms. The predicted octanol–water partition coefficient (Wildman–Crippen LogP) is 1.51. The quantitative estimate of drug-likeness (QED) is 0.477. The fourth-order valence-corrected chi connectivity index (χ4v) is 1.01. The maximum absolute atomic E-state index is 10.7. The molecule has 0 saturated heterocycles. The van der Waals surface area contributed by atoms with Crippen LogP contribution in [0.25, 0.3) is 0 Å². The zero-order valence-electron chi connectivity index (χ0n) is 6.55. The third kappa shape index (κ3) is 1.20. The Hall–Kier alpha value is -0.790. The van der Waals surface area contributed by atoms with Gasteiger partial charge in [0.15, 0.2) is 0 Å². The predicted molar refractivity (Wildman–Crippen MR) is 38.5 cm³/mol. The number of cyclic esters (lactones) is 1. The molecule has 2 nitrogen and oxygen atoms in total. The summed E-state index contributed by atoms with van der Waals surface area (Å²) in [6, 6.07) is 0. The molecule has 0 bridgehead atoms. The monoisotopic (exact) mass is 140 g/mol. The standard InChI is InChI=1S/C8H12O2/c1-5-4-8(9)10-7(3)6(5)2/h4,6-7H,1-3H3. The Labute approximate surface area is 60.9 Å². The SMILES string of the molecule is CC1=CC(=O)OC(C)C1C. The molecule has 2 heteroatoms. The summed E-state index contributed by atoms with van der Waals surface area (Å²) in [6.07, 6.45) is 1.60. The maximum atomic E-state index is 10.7. The molecule has 0 aliphatic carbocycles. The Bertz CT molecular complexity index is 182. The lowest BCUT2D eigenvalue weighted by Gasteiger charge is -2.24. The summed E-state index contributed by atoms with van der Waals surface area (Å²) in [7, 11) is 0. The van der Waals surface area contributed by atoms with Gasteiger partial charge < -0.3 is 4.74 Å². The van der Waals surface area contributed by atoms with E-state index in [1.807, 2.05) is 13.8 Å². The number of hydrogen-bond acceptors (Lipinski definition) is 2. The minimum atomic E-state index is -0.205. The highest BCUT2D eigenvalue weighted by Crippen LogP contribution is 2.21. The molecule has 1 heterocycles. The van der Waals surface area contributed by atoms with Gasteiger partial charge >= 0.3 is 5.97 Å². The van der Waals surface area contributed by atoms with Gasteiger partial charge in [-0.15, -0.1) is 0 Å². The van der Waals surface area contributed by atoms with Gasteiger partial charge in [0.1, 0.15) is 6.10 Å². The van der Waals surface area contributed by atoms with Crippen LogP contribution in [0.2, 0.25) is 0 Å². The second-order valence-electron chi connectivity index (χ2n) is 2.82. The lowest BCUT2D eigenvalue weighted by molar-refractivity contribution is -0.145. The first-order chi connectivity index (χ1) is 4.61. The molecule has 0 radical (unpaired) electrons. The van der Waals surface area contributed by atoms with Crippen molar-refractivity contribution in [3.8, 4) is 0 Å². The summed E-state index contributed by atoms with van der Waals surface area (Å²) in [5, 5.41) is 0. The van der Waals surface area contributed by atoms with Crippen LogP contribution in [0.5, 0.6) is 0 Å². The Kier molecular flexibility index (Phi) is 1.79. The molecule has 56 valence electrons. The number of esters is 1. The Morgan fingerprint density at radius 3 is 2.60 bits per heavy atom. The van der Waals surface area contributed by atoms with Gasteiger partial charge in [0.2, 0.25) is 0 Å². The van der Waals surface area contributed by atoms with Crippen molar-refractivity contribution in [1.82, 2.24) is 0 Å². The summed E-state index contributed by atoms with van der Waals surface area (Å²) >= 11 is 0. The molecule has 0 amide bonds. The molecule has 0 fully saturated rings. The van der Waals surface area contributed by atoms with Crippen molar-refractivity contribution >= 4 is 5.97 Å². The van der Waals surface area contributed by atoms with Crippen LogP contribution in [-0.2, 0) is 9.53 Å². The molecule has 2 unspecified atom stereocenters. The highest BCUT2D eigenvalue weighted by Gasteiger charge is 2.22. The number of ether oxygens (including phenoxy) is 1. The zero-order valence-corrected chi connectivity index (χ0v) is 6.55. The minimum Gasteiger partial charge on any atom is -0.459 e. The third-order valence-electron chi connectivity index (χ3n) is 2.07. The van der Waals surface area contributed by atoms with Crippen LogP contribution >= 0.6 is 0 Å². The molecule has 0 aromatic heterocycles. The van der Waals surface area contributed by atoms with E-state index in [2.05, 4.69) is 6.92 Å². The molecule has 2 atom stereocenters. The van der Waals surface area contributed by atoms with Gasteiger partial charge in [0.25, 0.3) is 0 Å². The van der Waals surface area contributed by atoms with Crippen molar-refractivity contribution < 1.29 is 9.53 Å². The molecular formula is C8H12O2. The van der Waals surface area contributed by atoms with E-state index in [1.54, 1.807) is 6.08 Å². The van der Waals surface area contributed by atoms with E-state index in [0.29, 0.717) is 5.92 Å². The second-order valence-corrected chi connectivity index (χ2v) is 2.82. The van der Waals surface area contributed by atoms with E-state index in [-0.39, 0.29) is 12.1 Å². The van der Waals surface area contributed by atoms with Gasteiger partial charge in [-0.3, -0.25) is 0 Å². The van der Waals surface area contributed by atoms with E-state index in [1.165, 1.54) is 0 Å². The van der Waals surface area contributed by atoms with Gasteiger partial charge in [0.05, 0.1) is 0 Å². The van der Waals surface area contributed by atoms with Crippen LogP contribution in [0.4, 0.5) is 0 Å². The summed E-state index contributed by atoms with van der Waals surface area (Å²) in [4.78, 5) is 10.7. The average molecular weight is 140 g/mol. The molecule has 0 N–H and O–H groups in total. The number of carbonyl (C=O) groups is 1. The summed E-state index contributed by atoms with van der Waals surface area (Å²) in [6.45, 7) is 5.93. The maximum Gasteiger partial charge on any atom is 0.330 e. The normalized spacial score (nSPS) is 33.1. The fourth-order valence-electron chi connectivity index (χ4n) is 1.01.